The predicted molar refractivity (Wildman–Crippen MR) is 77.4 cm³/mol. The minimum absolute atomic E-state index is 0.555. The zero-order valence-corrected chi connectivity index (χ0v) is 12.3. The predicted octanol–water partition coefficient (Wildman–Crippen LogP) is 2.71. The Kier molecular flexibility index (Phi) is 9.12. The van der Waals surface area contributed by atoms with Gasteiger partial charge in [-0.3, -0.25) is 0 Å². The number of thiophene rings is 1. The molecule has 1 rings (SSSR count). The third kappa shape index (κ3) is 7.11. The summed E-state index contributed by atoms with van der Waals surface area (Å²) < 4.78 is 10.5. The lowest BCUT2D eigenvalue weighted by Gasteiger charge is -2.17. The lowest BCUT2D eigenvalue weighted by atomic mass is 10.1. The molecule has 1 unspecified atom stereocenters. The molecule has 1 N–H and O–H groups in total. The van der Waals surface area contributed by atoms with Crippen molar-refractivity contribution in [2.75, 3.05) is 33.5 Å². The number of ether oxygens (including phenoxy) is 2. The van der Waals surface area contributed by atoms with Crippen molar-refractivity contribution in [3.8, 4) is 0 Å². The Morgan fingerprint density at radius 3 is 2.83 bits per heavy atom. The van der Waals surface area contributed by atoms with Gasteiger partial charge in [0, 0.05) is 24.6 Å². The Balaban J connectivity index is 2.14. The maximum atomic E-state index is 5.53. The maximum absolute atomic E-state index is 5.53. The normalized spacial score (nSPS) is 12.8. The van der Waals surface area contributed by atoms with Crippen molar-refractivity contribution in [2.45, 2.75) is 32.2 Å². The van der Waals surface area contributed by atoms with Crippen LogP contribution in [0.5, 0.6) is 0 Å². The topological polar surface area (TPSA) is 30.5 Å². The monoisotopic (exact) mass is 271 g/mol. The molecule has 0 spiro atoms. The molecule has 0 aromatic carbocycles. The number of hydrogen-bond acceptors (Lipinski definition) is 4. The average molecular weight is 271 g/mol. The molecule has 0 saturated carbocycles. The van der Waals surface area contributed by atoms with Gasteiger partial charge in [0.25, 0.3) is 0 Å². The molecule has 0 amide bonds. The van der Waals surface area contributed by atoms with E-state index in [0.29, 0.717) is 19.3 Å². The molecule has 0 aliphatic heterocycles. The summed E-state index contributed by atoms with van der Waals surface area (Å²) in [5, 5.41) is 5.67. The van der Waals surface area contributed by atoms with Crippen LogP contribution in [-0.2, 0) is 15.9 Å². The fraction of sp³-hybridized carbons (Fsp3) is 0.714. The van der Waals surface area contributed by atoms with Crippen LogP contribution in [0.3, 0.4) is 0 Å². The van der Waals surface area contributed by atoms with Gasteiger partial charge in [0.2, 0.25) is 0 Å². The third-order valence-corrected chi connectivity index (χ3v) is 3.79. The molecule has 3 nitrogen and oxygen atoms in total. The van der Waals surface area contributed by atoms with Crippen LogP contribution in [0.1, 0.15) is 24.6 Å². The van der Waals surface area contributed by atoms with Crippen LogP contribution in [0.2, 0.25) is 0 Å². The average Bonchev–Trinajstić information content (AvgIpc) is 2.88. The van der Waals surface area contributed by atoms with Crippen LogP contribution in [0.25, 0.3) is 0 Å². The molecule has 1 heterocycles. The van der Waals surface area contributed by atoms with E-state index in [1.54, 1.807) is 7.11 Å². The van der Waals surface area contributed by atoms with Crippen molar-refractivity contribution in [1.29, 1.82) is 0 Å². The van der Waals surface area contributed by atoms with Crippen molar-refractivity contribution in [2.24, 2.45) is 0 Å². The van der Waals surface area contributed by atoms with Crippen molar-refractivity contribution in [3.63, 3.8) is 0 Å². The first-order valence-corrected chi connectivity index (χ1v) is 7.57. The fourth-order valence-electron chi connectivity index (χ4n) is 1.88. The summed E-state index contributed by atoms with van der Waals surface area (Å²) in [6, 6.07) is 4.89. The molecule has 0 radical (unpaired) electrons. The second-order valence-electron chi connectivity index (χ2n) is 4.27. The lowest BCUT2D eigenvalue weighted by molar-refractivity contribution is 0.0655. The van der Waals surface area contributed by atoms with Gasteiger partial charge in [-0.1, -0.05) is 13.0 Å². The minimum atomic E-state index is 0.555. The molecule has 18 heavy (non-hydrogen) atoms. The van der Waals surface area contributed by atoms with Gasteiger partial charge in [0.15, 0.2) is 0 Å². The molecule has 1 aromatic rings. The van der Waals surface area contributed by atoms with Crippen LogP contribution < -0.4 is 5.32 Å². The lowest BCUT2D eigenvalue weighted by Crippen LogP contribution is -2.30. The molecule has 0 bridgehead atoms. The van der Waals surface area contributed by atoms with E-state index in [9.17, 15) is 0 Å². The van der Waals surface area contributed by atoms with E-state index in [1.807, 2.05) is 11.3 Å². The molecule has 0 saturated heterocycles. The number of nitrogens with one attached hydrogen (secondary N) is 1. The maximum Gasteiger partial charge on any atom is 0.0700 e. The molecule has 0 aliphatic rings. The molecule has 104 valence electrons. The minimum Gasteiger partial charge on any atom is -0.382 e. The van der Waals surface area contributed by atoms with Gasteiger partial charge in [0.1, 0.15) is 0 Å². The molecular weight excluding hydrogens is 246 g/mol. The van der Waals surface area contributed by atoms with E-state index in [1.165, 1.54) is 11.3 Å². The highest BCUT2D eigenvalue weighted by molar-refractivity contribution is 7.09. The van der Waals surface area contributed by atoms with E-state index >= 15 is 0 Å². The van der Waals surface area contributed by atoms with Gasteiger partial charge in [-0.2, -0.15) is 0 Å². The Morgan fingerprint density at radius 2 is 2.17 bits per heavy atom. The van der Waals surface area contributed by atoms with Gasteiger partial charge in [-0.05, 0) is 37.3 Å². The van der Waals surface area contributed by atoms with Crippen LogP contribution in [0.4, 0.5) is 0 Å². The quantitative estimate of drug-likeness (QED) is 0.628. The zero-order valence-electron chi connectivity index (χ0n) is 11.5. The highest BCUT2D eigenvalue weighted by atomic mass is 32.1. The van der Waals surface area contributed by atoms with Crippen molar-refractivity contribution < 1.29 is 9.47 Å². The summed E-state index contributed by atoms with van der Waals surface area (Å²) in [7, 11) is 1.70. The van der Waals surface area contributed by atoms with Gasteiger partial charge in [-0.15, -0.1) is 11.3 Å². The van der Waals surface area contributed by atoms with Gasteiger partial charge in [-0.25, -0.2) is 0 Å². The summed E-state index contributed by atoms with van der Waals surface area (Å²) in [5.41, 5.74) is 0. The Hall–Kier alpha value is -0.420. The number of aryl methyl sites for hydroxylation is 1. The van der Waals surface area contributed by atoms with E-state index < -0.39 is 0 Å². The summed E-state index contributed by atoms with van der Waals surface area (Å²) in [4.78, 5) is 1.47. The molecular formula is C14H25NO2S. The number of rotatable bonds is 11. The first kappa shape index (κ1) is 15.6. The van der Waals surface area contributed by atoms with E-state index in [4.69, 9.17) is 9.47 Å². The van der Waals surface area contributed by atoms with Crippen LogP contribution in [-0.4, -0.2) is 39.5 Å². The van der Waals surface area contributed by atoms with E-state index in [0.717, 1.165) is 26.0 Å². The number of hydrogen-bond donors (Lipinski definition) is 1. The van der Waals surface area contributed by atoms with Crippen LogP contribution >= 0.6 is 11.3 Å². The Bertz CT molecular complexity index is 277. The molecule has 1 atom stereocenters. The molecule has 0 fully saturated rings. The highest BCUT2D eigenvalue weighted by Gasteiger charge is 2.07. The first-order valence-electron chi connectivity index (χ1n) is 6.69. The standard InChI is InChI=1S/C14H25NO2S/c1-3-15-13(8-9-17-11-10-16-2)6-7-14-5-4-12-18-14/h4-5,12-13,15H,3,6-11H2,1-2H3. The summed E-state index contributed by atoms with van der Waals surface area (Å²) in [6.45, 7) is 5.36. The van der Waals surface area contributed by atoms with Crippen LogP contribution in [0.15, 0.2) is 17.5 Å². The summed E-state index contributed by atoms with van der Waals surface area (Å²) in [5.74, 6) is 0. The summed E-state index contributed by atoms with van der Waals surface area (Å²) in [6.07, 6.45) is 3.42. The first-order chi connectivity index (χ1) is 8.86. The smallest absolute Gasteiger partial charge is 0.0700 e. The van der Waals surface area contributed by atoms with Gasteiger partial charge >= 0.3 is 0 Å². The van der Waals surface area contributed by atoms with Gasteiger partial charge in [0.05, 0.1) is 13.2 Å². The number of methoxy groups -OCH3 is 1. The second-order valence-corrected chi connectivity index (χ2v) is 5.30. The van der Waals surface area contributed by atoms with Gasteiger partial charge < -0.3 is 14.8 Å². The van der Waals surface area contributed by atoms with Crippen molar-refractivity contribution in [3.05, 3.63) is 22.4 Å². The molecule has 0 aliphatic carbocycles. The second kappa shape index (κ2) is 10.5. The fourth-order valence-corrected chi connectivity index (χ4v) is 2.60. The largest absolute Gasteiger partial charge is 0.382 e. The SMILES string of the molecule is CCNC(CCOCCOC)CCc1cccs1. The third-order valence-electron chi connectivity index (χ3n) is 2.85. The summed E-state index contributed by atoms with van der Waals surface area (Å²) >= 11 is 1.84. The highest BCUT2D eigenvalue weighted by Crippen LogP contribution is 2.13. The van der Waals surface area contributed by atoms with Crippen molar-refractivity contribution in [1.82, 2.24) is 5.32 Å². The van der Waals surface area contributed by atoms with Crippen LogP contribution in [0, 0.1) is 0 Å². The Labute approximate surface area is 114 Å². The van der Waals surface area contributed by atoms with Crippen molar-refractivity contribution >= 4 is 11.3 Å². The van der Waals surface area contributed by atoms with E-state index in [-0.39, 0.29) is 0 Å². The molecule has 1 aromatic heterocycles. The Morgan fingerprint density at radius 1 is 1.28 bits per heavy atom. The van der Waals surface area contributed by atoms with E-state index in [2.05, 4.69) is 29.8 Å². The molecule has 4 heteroatoms. The zero-order chi connectivity index (χ0) is 13.1.